The van der Waals surface area contributed by atoms with Crippen LogP contribution in [0.3, 0.4) is 0 Å². The Bertz CT molecular complexity index is 905. The predicted octanol–water partition coefficient (Wildman–Crippen LogP) is 4.31. The minimum Gasteiger partial charge on any atom is -0.444 e. The molecule has 1 aromatic carbocycles. The van der Waals surface area contributed by atoms with Gasteiger partial charge in [-0.2, -0.15) is 0 Å². The molecule has 3 atom stereocenters. The fourth-order valence-electron chi connectivity index (χ4n) is 4.63. The van der Waals surface area contributed by atoms with E-state index in [1.54, 1.807) is 20.8 Å². The highest BCUT2D eigenvalue weighted by Crippen LogP contribution is 2.30. The zero-order valence-electron chi connectivity index (χ0n) is 23.0. The maximum Gasteiger partial charge on any atom is 0.408 e. The molecule has 3 N–H and O–H groups in total. The Morgan fingerprint density at radius 3 is 2.33 bits per heavy atom. The number of hydrogen-bond acceptors (Lipinski definition) is 5. The van der Waals surface area contributed by atoms with Crippen molar-refractivity contribution >= 4 is 17.9 Å². The largest absolute Gasteiger partial charge is 0.444 e. The van der Waals surface area contributed by atoms with Gasteiger partial charge in [0.05, 0.1) is 6.61 Å². The number of carbonyl (C=O) groups is 3. The molecule has 0 saturated heterocycles. The van der Waals surface area contributed by atoms with Crippen LogP contribution >= 0.6 is 0 Å². The van der Waals surface area contributed by atoms with E-state index >= 15 is 0 Å². The molecule has 1 aliphatic carbocycles. The molecule has 1 saturated carbocycles. The van der Waals surface area contributed by atoms with Gasteiger partial charge in [0, 0.05) is 12.1 Å². The first-order chi connectivity index (χ1) is 16.9. The fraction of sp³-hybridized carbons (Fsp3) is 0.679. The average Bonchev–Trinajstić information content (AvgIpc) is 2.81. The summed E-state index contributed by atoms with van der Waals surface area (Å²) in [5.74, 6) is -0.763. The van der Waals surface area contributed by atoms with Crippen molar-refractivity contribution in [3.63, 3.8) is 0 Å². The van der Waals surface area contributed by atoms with Gasteiger partial charge in [0.1, 0.15) is 17.7 Å². The minimum atomic E-state index is -1.25. The molecular formula is C28H45N3O5. The predicted molar refractivity (Wildman–Crippen MR) is 141 cm³/mol. The second kappa shape index (κ2) is 13.1. The van der Waals surface area contributed by atoms with E-state index in [9.17, 15) is 19.5 Å². The van der Waals surface area contributed by atoms with E-state index in [2.05, 4.69) is 10.6 Å². The van der Waals surface area contributed by atoms with Gasteiger partial charge in [-0.1, -0.05) is 44.4 Å². The third-order valence-electron chi connectivity index (χ3n) is 6.91. The van der Waals surface area contributed by atoms with Crippen molar-refractivity contribution in [3.8, 4) is 0 Å². The van der Waals surface area contributed by atoms with Gasteiger partial charge in [-0.3, -0.25) is 9.59 Å². The van der Waals surface area contributed by atoms with Crippen molar-refractivity contribution in [2.75, 3.05) is 6.61 Å². The normalized spacial score (nSPS) is 17.0. The summed E-state index contributed by atoms with van der Waals surface area (Å²) in [5, 5.41) is 15.8. The first kappa shape index (κ1) is 29.6. The number of alkyl carbamates (subject to hydrolysis) is 1. The number of benzene rings is 1. The van der Waals surface area contributed by atoms with Crippen molar-refractivity contribution in [3.05, 3.63) is 34.9 Å². The number of aliphatic hydroxyl groups is 1. The topological polar surface area (TPSA) is 108 Å². The van der Waals surface area contributed by atoms with Gasteiger partial charge in [0.15, 0.2) is 0 Å². The second-order valence-electron chi connectivity index (χ2n) is 10.9. The Morgan fingerprint density at radius 1 is 1.14 bits per heavy atom. The Kier molecular flexibility index (Phi) is 10.8. The van der Waals surface area contributed by atoms with Gasteiger partial charge >= 0.3 is 6.09 Å². The number of hydrogen-bond donors (Lipinski definition) is 3. The van der Waals surface area contributed by atoms with Crippen molar-refractivity contribution in [1.29, 1.82) is 0 Å². The van der Waals surface area contributed by atoms with Gasteiger partial charge in [-0.15, -0.1) is 0 Å². The third kappa shape index (κ3) is 7.95. The Morgan fingerprint density at radius 2 is 1.78 bits per heavy atom. The lowest BCUT2D eigenvalue weighted by molar-refractivity contribution is -0.146. The quantitative estimate of drug-likeness (QED) is 0.466. The van der Waals surface area contributed by atoms with Crippen LogP contribution in [0.5, 0.6) is 0 Å². The van der Waals surface area contributed by atoms with Crippen LogP contribution in [0.2, 0.25) is 0 Å². The van der Waals surface area contributed by atoms with Crippen LogP contribution in [0.4, 0.5) is 4.79 Å². The Hall–Kier alpha value is -2.61. The minimum absolute atomic E-state index is 0.0706. The molecule has 1 fully saturated rings. The summed E-state index contributed by atoms with van der Waals surface area (Å²) in [6.45, 7) is 12.3. The molecule has 0 aromatic heterocycles. The summed E-state index contributed by atoms with van der Waals surface area (Å²) in [5.41, 5.74) is 1.93. The molecule has 1 aromatic rings. The Labute approximate surface area is 216 Å². The van der Waals surface area contributed by atoms with Crippen LogP contribution in [-0.2, 0) is 14.3 Å². The number of ether oxygens (including phenoxy) is 1. The molecule has 1 aliphatic rings. The summed E-state index contributed by atoms with van der Waals surface area (Å²) < 4.78 is 5.30. The van der Waals surface area contributed by atoms with E-state index in [0.717, 1.165) is 42.4 Å². The average molecular weight is 504 g/mol. The first-order valence-corrected chi connectivity index (χ1v) is 13.2. The number of amides is 3. The van der Waals surface area contributed by atoms with Gasteiger partial charge in [0.2, 0.25) is 11.8 Å². The van der Waals surface area contributed by atoms with Crippen molar-refractivity contribution in [2.45, 2.75) is 117 Å². The highest BCUT2D eigenvalue weighted by molar-refractivity contribution is 5.92. The molecule has 36 heavy (non-hydrogen) atoms. The number of aryl methyl sites for hydroxylation is 1. The summed E-state index contributed by atoms with van der Waals surface area (Å²) in [6, 6.07) is 3.35. The van der Waals surface area contributed by atoms with E-state index in [1.807, 2.05) is 45.9 Å². The molecule has 3 amide bonds. The molecule has 3 unspecified atom stereocenters. The third-order valence-corrected chi connectivity index (χ3v) is 6.91. The molecule has 8 nitrogen and oxygen atoms in total. The standard InChI is InChI=1S/C28H45N3O5/c1-8-19(3)31(26(34)23(17-32)30-27(35)36-28(5,6)7)24(22-16-12-13-18(2)20(22)4)25(33)29-21-14-10-9-11-15-21/h12-13,16,19,21,23-24,32H,8-11,14-15,17H2,1-7H3,(H,29,33)(H,30,35). The van der Waals surface area contributed by atoms with Crippen molar-refractivity contribution in [2.24, 2.45) is 0 Å². The molecule has 8 heteroatoms. The molecule has 0 spiro atoms. The molecule has 0 radical (unpaired) electrons. The van der Waals surface area contributed by atoms with E-state index in [4.69, 9.17) is 4.74 Å². The smallest absolute Gasteiger partial charge is 0.408 e. The van der Waals surface area contributed by atoms with Crippen molar-refractivity contribution < 1.29 is 24.2 Å². The number of rotatable bonds is 9. The molecule has 2 rings (SSSR count). The fourth-order valence-corrected chi connectivity index (χ4v) is 4.63. The summed E-state index contributed by atoms with van der Waals surface area (Å²) in [6.07, 6.45) is 4.94. The highest BCUT2D eigenvalue weighted by Gasteiger charge is 2.39. The van der Waals surface area contributed by atoms with Crippen LogP contribution in [0.25, 0.3) is 0 Å². The van der Waals surface area contributed by atoms with E-state index in [1.165, 1.54) is 11.3 Å². The lowest BCUT2D eigenvalue weighted by Gasteiger charge is -2.39. The van der Waals surface area contributed by atoms with Crippen LogP contribution in [0.1, 0.15) is 95.9 Å². The van der Waals surface area contributed by atoms with Crippen molar-refractivity contribution in [1.82, 2.24) is 15.5 Å². The van der Waals surface area contributed by atoms with Gasteiger partial charge in [-0.05, 0) is 77.5 Å². The number of nitrogens with one attached hydrogen (secondary N) is 2. The van der Waals surface area contributed by atoms with Gasteiger partial charge in [-0.25, -0.2) is 4.79 Å². The lowest BCUT2D eigenvalue weighted by Crippen LogP contribution is -2.57. The van der Waals surface area contributed by atoms with Gasteiger partial charge in [0.25, 0.3) is 0 Å². The van der Waals surface area contributed by atoms with E-state index in [-0.39, 0.29) is 18.0 Å². The van der Waals surface area contributed by atoms with Gasteiger partial charge < -0.3 is 25.4 Å². The summed E-state index contributed by atoms with van der Waals surface area (Å²) in [4.78, 5) is 41.7. The SMILES string of the molecule is CCC(C)N(C(=O)C(CO)NC(=O)OC(C)(C)C)C(C(=O)NC1CCCCC1)c1cccc(C)c1C. The summed E-state index contributed by atoms with van der Waals surface area (Å²) >= 11 is 0. The second-order valence-corrected chi connectivity index (χ2v) is 10.9. The van der Waals surface area contributed by atoms with Crippen LogP contribution < -0.4 is 10.6 Å². The number of carbonyl (C=O) groups excluding carboxylic acids is 3. The molecule has 0 bridgehead atoms. The van der Waals surface area contributed by atoms with Crippen LogP contribution in [0.15, 0.2) is 18.2 Å². The molecule has 202 valence electrons. The number of aliphatic hydroxyl groups excluding tert-OH is 1. The molecular weight excluding hydrogens is 458 g/mol. The highest BCUT2D eigenvalue weighted by atomic mass is 16.6. The number of nitrogens with zero attached hydrogens (tertiary/aromatic N) is 1. The zero-order valence-corrected chi connectivity index (χ0v) is 23.0. The summed E-state index contributed by atoms with van der Waals surface area (Å²) in [7, 11) is 0. The zero-order chi connectivity index (χ0) is 27.0. The van der Waals surface area contributed by atoms with Crippen LogP contribution in [-0.4, -0.2) is 58.2 Å². The first-order valence-electron chi connectivity index (χ1n) is 13.2. The van der Waals surface area contributed by atoms with E-state index < -0.39 is 36.3 Å². The van der Waals surface area contributed by atoms with Crippen LogP contribution in [0, 0.1) is 13.8 Å². The molecule has 0 aliphatic heterocycles. The lowest BCUT2D eigenvalue weighted by atomic mass is 9.92. The maximum absolute atomic E-state index is 13.9. The monoisotopic (exact) mass is 503 g/mol. The van der Waals surface area contributed by atoms with E-state index in [0.29, 0.717) is 6.42 Å². The Balaban J connectivity index is 2.48. The maximum atomic E-state index is 13.9. The molecule has 0 heterocycles.